The Labute approximate surface area is 638 Å². The van der Waals surface area contributed by atoms with Gasteiger partial charge in [-0.2, -0.15) is 0 Å². The number of pyridine rings is 4. The molecule has 0 atom stereocenters. The first-order chi connectivity index (χ1) is 46.3. The summed E-state index contributed by atoms with van der Waals surface area (Å²) in [5, 5.41) is 37.1. The fourth-order valence-corrected chi connectivity index (χ4v) is 11.4. The van der Waals surface area contributed by atoms with Gasteiger partial charge in [0.2, 0.25) is 0 Å². The third-order valence-corrected chi connectivity index (χ3v) is 15.9. The minimum absolute atomic E-state index is 0. The van der Waals surface area contributed by atoms with Gasteiger partial charge in [0.1, 0.15) is 5.76 Å². The Bertz CT molecular complexity index is 4860. The molecule has 9 aromatic carbocycles. The number of aromatic nitrogens is 4. The summed E-state index contributed by atoms with van der Waals surface area (Å²) in [6.45, 7) is 5.70. The monoisotopic (exact) mass is 2050 g/mol. The van der Waals surface area contributed by atoms with Crippen molar-refractivity contribution in [1.29, 1.82) is 0 Å². The molecule has 0 saturated heterocycles. The van der Waals surface area contributed by atoms with Gasteiger partial charge >= 0.3 is 0 Å². The minimum Gasteiger partial charge on any atom is -0.512 e. The van der Waals surface area contributed by atoms with Crippen LogP contribution in [0.1, 0.15) is 43.6 Å². The molecule has 0 saturated carbocycles. The van der Waals surface area contributed by atoms with Crippen molar-refractivity contribution in [3.63, 3.8) is 0 Å². The van der Waals surface area contributed by atoms with Crippen molar-refractivity contribution in [3.8, 4) is 32.4 Å². The van der Waals surface area contributed by atoms with Gasteiger partial charge in [0.15, 0.2) is 17.3 Å². The summed E-state index contributed by atoms with van der Waals surface area (Å²) in [7, 11) is 0. The number of aliphatic hydroxyl groups excluding tert-OH is 3. The number of thiophene rings is 2. The summed E-state index contributed by atoms with van der Waals surface area (Å²) in [5.41, 5.74) is 6.27. The van der Waals surface area contributed by atoms with Crippen molar-refractivity contribution < 1.29 is 110 Å². The fourth-order valence-electron chi connectivity index (χ4n) is 9.48. The molecule has 0 unspecified atom stereocenters. The molecule has 0 fully saturated rings. The average Bonchev–Trinajstić information content (AvgIpc) is 1.70. The molecule has 0 aliphatic carbocycles. The first-order valence-electron chi connectivity index (χ1n) is 30.1. The van der Waals surface area contributed by atoms with Gasteiger partial charge in [-0.15, -0.1) is 111 Å². The van der Waals surface area contributed by atoms with Gasteiger partial charge in [0.05, 0.1) is 11.5 Å². The maximum absolute atomic E-state index is 11.8. The van der Waals surface area contributed by atoms with Crippen LogP contribution in [0.15, 0.2) is 309 Å². The quantitative estimate of drug-likeness (QED) is 0.0439. The molecule has 15 rings (SSSR count). The fraction of sp³-hybridized carbons (Fsp3) is 0.0482. The van der Waals surface area contributed by atoms with Gasteiger partial charge in [0, 0.05) is 146 Å². The van der Waals surface area contributed by atoms with Gasteiger partial charge in [-0.3, -0.25) is 14.4 Å². The molecule has 3 N–H and O–H groups in total. The summed E-state index contributed by atoms with van der Waals surface area (Å²) < 4.78 is 2.52. The largest absolute Gasteiger partial charge is 0.512 e. The van der Waals surface area contributed by atoms with E-state index in [0.29, 0.717) is 11.1 Å². The zero-order valence-corrected chi connectivity index (χ0v) is 65.0. The Morgan fingerprint density at radius 2 is 0.869 bits per heavy atom. The van der Waals surface area contributed by atoms with E-state index in [4.69, 9.17) is 10.2 Å². The number of fused-ring (bicyclic) bond motifs is 7. The van der Waals surface area contributed by atoms with E-state index in [9.17, 15) is 19.5 Å². The Balaban J connectivity index is 0.000000212. The van der Waals surface area contributed by atoms with Crippen molar-refractivity contribution in [3.05, 3.63) is 345 Å². The molecular formula is C83H64Ir4N4O6S2-4. The van der Waals surface area contributed by atoms with E-state index in [1.165, 1.54) is 93.0 Å². The third-order valence-electron chi connectivity index (χ3n) is 13.7. The van der Waals surface area contributed by atoms with Gasteiger partial charge in [0.25, 0.3) is 0 Å². The maximum Gasteiger partial charge on any atom is 0.189 e. The van der Waals surface area contributed by atoms with Crippen LogP contribution >= 0.6 is 22.7 Å². The molecule has 0 aliphatic rings. The number of carbonyl (C=O) groups excluding carboxylic acids is 3. The van der Waals surface area contributed by atoms with Gasteiger partial charge in [-0.1, -0.05) is 187 Å². The topological polar surface area (TPSA) is 163 Å². The van der Waals surface area contributed by atoms with Crippen molar-refractivity contribution >= 4 is 109 Å². The molecule has 0 spiro atoms. The second-order valence-electron chi connectivity index (χ2n) is 21.1. The zero-order chi connectivity index (χ0) is 66.7. The number of benzene rings is 9. The van der Waals surface area contributed by atoms with E-state index >= 15 is 0 Å². The SMILES string of the molecule is CC(=O)C=C(C)O.CC(=O)C=C(C)O.O=C(C=C(O)c1ccccc1)c1ccccc1.[Ir].[Ir].[Ir].[Ir].[c-]1c(-c2ccccn2)sc2ccccc12.[c-]1c(-c2ccccn2)sc2ccccc12.[c-]1ccc2ccccc2c1-c1cc2ccccc2cn1.[c-]1cccc2ccc3cccnc3c12. The number of aliphatic hydroxyl groups is 3. The molecule has 16 heteroatoms. The summed E-state index contributed by atoms with van der Waals surface area (Å²) in [6.07, 6.45) is 11.0. The molecule has 504 valence electrons. The standard InChI is InChI=1S/C19H12N.C15H12O2.2C13H8NS.C13H8N.2C5H8O2.4Ir/c1-2-8-16-13-20-19(12-15(16)7-1)18-11-5-9-14-6-3-4-10-17(14)18;16-14(12-7-3-1-4-8-12)11-15(17)13-9-5-2-6-10-13;2*1-2-7-12-10(5-1)9-13(15-12)11-6-3-4-8-14-11;1-2-6-12-10(4-1)7-8-11-5-3-9-14-13(11)12;2*1-4(6)3-5(2)7;;;;/h1-10,12-13H;1-11,16H;2*1-8H;1-5,7-9H;2*3,6H,1-2H3;;;;/q-1;;3*-1;;;;;;. The van der Waals surface area contributed by atoms with Crippen molar-refractivity contribution in [2.75, 3.05) is 0 Å². The Morgan fingerprint density at radius 3 is 1.40 bits per heavy atom. The third kappa shape index (κ3) is 24.6. The van der Waals surface area contributed by atoms with Crippen LogP contribution in [0.2, 0.25) is 0 Å². The van der Waals surface area contributed by atoms with Crippen LogP contribution in [0.3, 0.4) is 0 Å². The van der Waals surface area contributed by atoms with Crippen molar-refractivity contribution in [2.45, 2.75) is 27.7 Å². The van der Waals surface area contributed by atoms with E-state index in [2.05, 4.69) is 159 Å². The number of rotatable bonds is 8. The normalized spacial score (nSPS) is 10.5. The predicted molar refractivity (Wildman–Crippen MR) is 391 cm³/mol. The molecule has 4 radical (unpaired) electrons. The molecule has 0 amide bonds. The van der Waals surface area contributed by atoms with Crippen molar-refractivity contribution in [1.82, 2.24) is 19.9 Å². The first-order valence-corrected chi connectivity index (χ1v) is 31.7. The summed E-state index contributed by atoms with van der Waals surface area (Å²) >= 11 is 3.46. The van der Waals surface area contributed by atoms with E-state index in [0.717, 1.165) is 48.7 Å². The smallest absolute Gasteiger partial charge is 0.189 e. The van der Waals surface area contributed by atoms with E-state index in [-0.39, 0.29) is 115 Å². The number of ketones is 3. The summed E-state index contributed by atoms with van der Waals surface area (Å²) in [4.78, 5) is 51.7. The van der Waals surface area contributed by atoms with Gasteiger partial charge in [-0.25, -0.2) is 22.7 Å². The van der Waals surface area contributed by atoms with E-state index < -0.39 is 0 Å². The van der Waals surface area contributed by atoms with Crippen LogP contribution in [0.4, 0.5) is 0 Å². The van der Waals surface area contributed by atoms with Gasteiger partial charge < -0.3 is 35.3 Å². The van der Waals surface area contributed by atoms with Crippen LogP contribution in [-0.2, 0) is 90.0 Å². The van der Waals surface area contributed by atoms with Crippen molar-refractivity contribution in [2.24, 2.45) is 0 Å². The Kier molecular flexibility index (Phi) is 34.0. The Hall–Kier alpha value is -9.23. The predicted octanol–water partition coefficient (Wildman–Crippen LogP) is 21.1. The number of nitrogens with zero attached hydrogens (tertiary/aromatic N) is 4. The molecular weight excluding hydrogens is 1980 g/mol. The van der Waals surface area contributed by atoms with Gasteiger partial charge in [-0.05, 0) is 92.4 Å². The molecule has 6 aromatic heterocycles. The second-order valence-corrected chi connectivity index (χ2v) is 23.2. The molecule has 6 heterocycles. The van der Waals surface area contributed by atoms with Crippen LogP contribution in [0.5, 0.6) is 0 Å². The summed E-state index contributed by atoms with van der Waals surface area (Å²) in [5.74, 6) is -0.341. The van der Waals surface area contributed by atoms with Crippen LogP contribution in [0.25, 0.3) is 102 Å². The Morgan fingerprint density at radius 1 is 0.394 bits per heavy atom. The molecule has 15 aromatic rings. The molecule has 0 aliphatic heterocycles. The molecule has 0 bridgehead atoms. The number of hydrogen-bond donors (Lipinski definition) is 3. The summed E-state index contributed by atoms with van der Waals surface area (Å²) in [6, 6.07) is 96.7. The average molecular weight is 2050 g/mol. The number of hydrogen-bond acceptors (Lipinski definition) is 12. The first kappa shape index (κ1) is 80.4. The van der Waals surface area contributed by atoms with Crippen LogP contribution < -0.4 is 0 Å². The number of carbonyl (C=O) groups is 3. The van der Waals surface area contributed by atoms with Crippen LogP contribution in [-0.4, -0.2) is 52.6 Å². The molecule has 99 heavy (non-hydrogen) atoms. The molecule has 10 nitrogen and oxygen atoms in total. The minimum atomic E-state index is -0.202. The van der Waals surface area contributed by atoms with E-state index in [1.54, 1.807) is 59.1 Å². The maximum atomic E-state index is 11.8. The zero-order valence-electron chi connectivity index (χ0n) is 53.8. The van der Waals surface area contributed by atoms with Crippen LogP contribution in [0, 0.1) is 24.3 Å². The second kappa shape index (κ2) is 41.9. The van der Waals surface area contributed by atoms with E-state index in [1.807, 2.05) is 128 Å². The number of allylic oxidation sites excluding steroid dienone is 5.